The van der Waals surface area contributed by atoms with Crippen molar-refractivity contribution in [3.05, 3.63) is 36.0 Å². The van der Waals surface area contributed by atoms with E-state index < -0.39 is 0 Å². The Bertz CT molecular complexity index is 458. The molecule has 1 aromatic heterocycles. The highest BCUT2D eigenvalue weighted by Crippen LogP contribution is 2.29. The van der Waals surface area contributed by atoms with Gasteiger partial charge in [0.1, 0.15) is 0 Å². The Hall–Kier alpha value is -1.24. The van der Waals surface area contributed by atoms with Crippen LogP contribution >= 0.6 is 0 Å². The van der Waals surface area contributed by atoms with Gasteiger partial charge in [-0.25, -0.2) is 0 Å². The van der Waals surface area contributed by atoms with Crippen molar-refractivity contribution in [1.29, 1.82) is 0 Å². The predicted octanol–water partition coefficient (Wildman–Crippen LogP) is 3.48. The molecular weight excluding hydrogens is 170 g/mol. The maximum absolute atomic E-state index is 2.26. The number of nitrogens with zero attached hydrogens (tertiary/aromatic N) is 1. The first kappa shape index (κ1) is 9.32. The maximum Gasteiger partial charge on any atom is 0.0480 e. The van der Waals surface area contributed by atoms with Crippen molar-refractivity contribution < 1.29 is 0 Å². The number of rotatable bonds is 0. The van der Waals surface area contributed by atoms with Gasteiger partial charge >= 0.3 is 0 Å². The van der Waals surface area contributed by atoms with Crippen LogP contribution in [0, 0.1) is 0 Å². The first-order valence-electron chi connectivity index (χ1n) is 5.05. The Labute approximate surface area is 85.4 Å². The van der Waals surface area contributed by atoms with Crippen LogP contribution in [-0.2, 0) is 12.5 Å². The third kappa shape index (κ3) is 1.33. The third-order valence-corrected chi connectivity index (χ3v) is 2.74. The second-order valence-corrected chi connectivity index (χ2v) is 4.92. The topological polar surface area (TPSA) is 4.93 Å². The first-order chi connectivity index (χ1) is 6.50. The van der Waals surface area contributed by atoms with Crippen molar-refractivity contribution in [3.63, 3.8) is 0 Å². The minimum Gasteiger partial charge on any atom is -0.351 e. The largest absolute Gasteiger partial charge is 0.351 e. The summed E-state index contributed by atoms with van der Waals surface area (Å²) in [6.45, 7) is 6.78. The Morgan fingerprint density at radius 1 is 1.07 bits per heavy atom. The lowest BCUT2D eigenvalue weighted by Crippen LogP contribution is -2.11. The van der Waals surface area contributed by atoms with E-state index in [2.05, 4.69) is 62.8 Å². The second kappa shape index (κ2) is 2.88. The van der Waals surface area contributed by atoms with Crippen LogP contribution in [0.2, 0.25) is 0 Å². The van der Waals surface area contributed by atoms with E-state index in [9.17, 15) is 0 Å². The highest BCUT2D eigenvalue weighted by molar-refractivity contribution is 5.84. The fourth-order valence-corrected chi connectivity index (χ4v) is 1.96. The van der Waals surface area contributed by atoms with Gasteiger partial charge in [0.2, 0.25) is 0 Å². The average molecular weight is 187 g/mol. The van der Waals surface area contributed by atoms with Crippen LogP contribution in [0.15, 0.2) is 30.5 Å². The standard InChI is InChI=1S/C13H17N/c1-13(2,3)11-6-5-7-12-10(11)8-9-14(12)4/h5-9H,1-4H3. The molecule has 14 heavy (non-hydrogen) atoms. The van der Waals surface area contributed by atoms with Gasteiger partial charge in [0.25, 0.3) is 0 Å². The van der Waals surface area contributed by atoms with Crippen LogP contribution < -0.4 is 0 Å². The fraction of sp³-hybridized carbons (Fsp3) is 0.385. The van der Waals surface area contributed by atoms with Crippen molar-refractivity contribution in [1.82, 2.24) is 4.57 Å². The van der Waals surface area contributed by atoms with Gasteiger partial charge in [-0.3, -0.25) is 0 Å². The van der Waals surface area contributed by atoms with Crippen LogP contribution in [0.25, 0.3) is 10.9 Å². The summed E-state index contributed by atoms with van der Waals surface area (Å²) in [5.41, 5.74) is 2.97. The first-order valence-corrected chi connectivity index (χ1v) is 5.05. The molecule has 74 valence electrons. The molecule has 0 aliphatic heterocycles. The molecule has 1 nitrogen and oxygen atoms in total. The molecule has 0 unspecified atom stereocenters. The number of fused-ring (bicyclic) bond motifs is 1. The number of hydrogen-bond acceptors (Lipinski definition) is 0. The molecule has 0 spiro atoms. The van der Waals surface area contributed by atoms with Gasteiger partial charge in [-0.05, 0) is 23.1 Å². The molecule has 0 saturated heterocycles. The lowest BCUT2D eigenvalue weighted by atomic mass is 9.85. The maximum atomic E-state index is 2.26. The zero-order chi connectivity index (χ0) is 10.3. The van der Waals surface area contributed by atoms with Crippen molar-refractivity contribution in [2.45, 2.75) is 26.2 Å². The normalized spacial score (nSPS) is 12.3. The van der Waals surface area contributed by atoms with E-state index in [0.717, 1.165) is 0 Å². The molecule has 0 N–H and O–H groups in total. The van der Waals surface area contributed by atoms with E-state index in [0.29, 0.717) is 0 Å². The highest BCUT2D eigenvalue weighted by atomic mass is 14.9. The quantitative estimate of drug-likeness (QED) is 0.595. The van der Waals surface area contributed by atoms with E-state index in [1.165, 1.54) is 16.5 Å². The lowest BCUT2D eigenvalue weighted by Gasteiger charge is -2.20. The van der Waals surface area contributed by atoms with Crippen LogP contribution in [0.3, 0.4) is 0 Å². The number of benzene rings is 1. The Morgan fingerprint density at radius 2 is 1.79 bits per heavy atom. The molecule has 0 fully saturated rings. The number of aromatic nitrogens is 1. The SMILES string of the molecule is Cn1ccc2c(C(C)(C)C)cccc21. The average Bonchev–Trinajstić information content (AvgIpc) is 2.46. The van der Waals surface area contributed by atoms with E-state index in [1.54, 1.807) is 0 Å². The molecule has 0 radical (unpaired) electrons. The summed E-state index contributed by atoms with van der Waals surface area (Å²) in [5, 5.41) is 1.38. The molecule has 0 saturated carbocycles. The molecule has 0 aliphatic rings. The van der Waals surface area contributed by atoms with Crippen LogP contribution in [0.5, 0.6) is 0 Å². The summed E-state index contributed by atoms with van der Waals surface area (Å²) in [4.78, 5) is 0. The summed E-state index contributed by atoms with van der Waals surface area (Å²) in [6, 6.07) is 8.74. The van der Waals surface area contributed by atoms with Crippen LogP contribution in [0.1, 0.15) is 26.3 Å². The highest BCUT2D eigenvalue weighted by Gasteiger charge is 2.16. The molecule has 0 bridgehead atoms. The van der Waals surface area contributed by atoms with Crippen LogP contribution in [0.4, 0.5) is 0 Å². The van der Waals surface area contributed by atoms with E-state index in [1.807, 2.05) is 0 Å². The minimum absolute atomic E-state index is 0.223. The van der Waals surface area contributed by atoms with E-state index in [4.69, 9.17) is 0 Å². The van der Waals surface area contributed by atoms with Gasteiger partial charge in [0.15, 0.2) is 0 Å². The Kier molecular flexibility index (Phi) is 1.91. The summed E-state index contributed by atoms with van der Waals surface area (Å²) in [5.74, 6) is 0. The second-order valence-electron chi connectivity index (χ2n) is 4.92. The van der Waals surface area contributed by atoms with E-state index >= 15 is 0 Å². The fourth-order valence-electron chi connectivity index (χ4n) is 1.96. The predicted molar refractivity (Wildman–Crippen MR) is 61.6 cm³/mol. The van der Waals surface area contributed by atoms with Crippen molar-refractivity contribution in [3.8, 4) is 0 Å². The van der Waals surface area contributed by atoms with Crippen molar-refractivity contribution >= 4 is 10.9 Å². The Morgan fingerprint density at radius 3 is 2.43 bits per heavy atom. The summed E-state index contributed by atoms with van der Waals surface area (Å²) >= 11 is 0. The zero-order valence-corrected chi connectivity index (χ0v) is 9.33. The van der Waals surface area contributed by atoms with Gasteiger partial charge in [-0.15, -0.1) is 0 Å². The molecule has 1 heterocycles. The molecular formula is C13H17N. The minimum atomic E-state index is 0.223. The van der Waals surface area contributed by atoms with Crippen molar-refractivity contribution in [2.75, 3.05) is 0 Å². The van der Waals surface area contributed by atoms with Gasteiger partial charge in [0.05, 0.1) is 0 Å². The van der Waals surface area contributed by atoms with E-state index in [-0.39, 0.29) is 5.41 Å². The molecule has 0 atom stereocenters. The van der Waals surface area contributed by atoms with Gasteiger partial charge in [-0.2, -0.15) is 0 Å². The molecule has 0 amide bonds. The Balaban J connectivity index is 2.79. The lowest BCUT2D eigenvalue weighted by molar-refractivity contribution is 0.596. The van der Waals surface area contributed by atoms with Crippen molar-refractivity contribution in [2.24, 2.45) is 7.05 Å². The summed E-state index contributed by atoms with van der Waals surface area (Å²) in [7, 11) is 2.09. The summed E-state index contributed by atoms with van der Waals surface area (Å²) in [6.07, 6.45) is 2.12. The molecule has 1 aromatic carbocycles. The molecule has 1 heteroatoms. The molecule has 2 aromatic rings. The van der Waals surface area contributed by atoms with Gasteiger partial charge < -0.3 is 4.57 Å². The van der Waals surface area contributed by atoms with Gasteiger partial charge in [-0.1, -0.05) is 32.9 Å². The monoisotopic (exact) mass is 187 g/mol. The zero-order valence-electron chi connectivity index (χ0n) is 9.33. The van der Waals surface area contributed by atoms with Crippen LogP contribution in [-0.4, -0.2) is 4.57 Å². The summed E-state index contributed by atoms with van der Waals surface area (Å²) < 4.78 is 2.17. The number of aryl methyl sites for hydroxylation is 1. The molecule has 2 rings (SSSR count). The van der Waals surface area contributed by atoms with Gasteiger partial charge in [0, 0.05) is 24.1 Å². The smallest absolute Gasteiger partial charge is 0.0480 e. The number of hydrogen-bond donors (Lipinski definition) is 0. The molecule has 0 aliphatic carbocycles. The third-order valence-electron chi connectivity index (χ3n) is 2.74.